The minimum absolute atomic E-state index is 0.242. The molecule has 1 rings (SSSR count). The van der Waals surface area contributed by atoms with E-state index in [1.807, 2.05) is 6.92 Å². The van der Waals surface area contributed by atoms with E-state index in [2.05, 4.69) is 15.3 Å². The summed E-state index contributed by atoms with van der Waals surface area (Å²) in [6.07, 6.45) is 4.44. The Hall–Kier alpha value is -1.49. The number of hydrogen-bond acceptors (Lipinski definition) is 4. The second-order valence-electron chi connectivity index (χ2n) is 2.86. The number of carbonyl (C=O) groups is 1. The molecule has 5 nitrogen and oxygen atoms in total. The van der Waals surface area contributed by atoms with Gasteiger partial charge in [0, 0.05) is 18.9 Å². The first-order chi connectivity index (χ1) is 6.74. The second-order valence-corrected chi connectivity index (χ2v) is 2.86. The first-order valence-electron chi connectivity index (χ1n) is 4.46. The number of aliphatic hydroxyl groups is 1. The van der Waals surface area contributed by atoms with Gasteiger partial charge in [0.1, 0.15) is 5.69 Å². The van der Waals surface area contributed by atoms with Gasteiger partial charge in [0.05, 0.1) is 12.3 Å². The van der Waals surface area contributed by atoms with Crippen LogP contribution in [0.15, 0.2) is 18.6 Å². The lowest BCUT2D eigenvalue weighted by Gasteiger charge is -2.08. The van der Waals surface area contributed by atoms with E-state index in [-0.39, 0.29) is 18.1 Å². The van der Waals surface area contributed by atoms with Crippen LogP contribution < -0.4 is 5.32 Å². The summed E-state index contributed by atoms with van der Waals surface area (Å²) in [6, 6.07) is 0. The fourth-order valence-corrected chi connectivity index (χ4v) is 0.862. The first kappa shape index (κ1) is 10.6. The van der Waals surface area contributed by atoms with Gasteiger partial charge in [0.25, 0.3) is 5.91 Å². The number of amides is 1. The summed E-state index contributed by atoms with van der Waals surface area (Å²) in [5.74, 6) is -0.314. The molecule has 0 saturated heterocycles. The van der Waals surface area contributed by atoms with Gasteiger partial charge >= 0.3 is 0 Å². The molecule has 1 aromatic heterocycles. The van der Waals surface area contributed by atoms with Gasteiger partial charge in [0.15, 0.2) is 0 Å². The summed E-state index contributed by atoms with van der Waals surface area (Å²) in [7, 11) is 0. The van der Waals surface area contributed by atoms with Crippen molar-refractivity contribution in [3.8, 4) is 0 Å². The molecule has 0 saturated carbocycles. The van der Waals surface area contributed by atoms with Crippen LogP contribution in [0.4, 0.5) is 0 Å². The maximum Gasteiger partial charge on any atom is 0.271 e. The molecular formula is C9H13N3O2. The van der Waals surface area contributed by atoms with Crippen molar-refractivity contribution in [3.05, 3.63) is 24.3 Å². The molecule has 5 heteroatoms. The van der Waals surface area contributed by atoms with Crippen LogP contribution in [0.5, 0.6) is 0 Å². The van der Waals surface area contributed by atoms with E-state index in [0.29, 0.717) is 6.42 Å². The predicted molar refractivity (Wildman–Crippen MR) is 50.7 cm³/mol. The van der Waals surface area contributed by atoms with Crippen molar-refractivity contribution in [1.82, 2.24) is 15.3 Å². The Bertz CT molecular complexity index is 289. The maximum atomic E-state index is 11.3. The molecule has 0 bridgehead atoms. The predicted octanol–water partition coefficient (Wildman–Crippen LogP) is -0.0227. The van der Waals surface area contributed by atoms with E-state index in [1.54, 1.807) is 0 Å². The number of aromatic nitrogens is 2. The smallest absolute Gasteiger partial charge is 0.271 e. The molecule has 1 heterocycles. The van der Waals surface area contributed by atoms with Crippen molar-refractivity contribution >= 4 is 5.91 Å². The Balaban J connectivity index is 2.44. The molecular weight excluding hydrogens is 182 g/mol. The summed E-state index contributed by atoms with van der Waals surface area (Å²) >= 11 is 0. The summed E-state index contributed by atoms with van der Waals surface area (Å²) in [6.45, 7) is 2.09. The Kier molecular flexibility index (Phi) is 4.00. The van der Waals surface area contributed by atoms with E-state index < -0.39 is 6.10 Å². The molecule has 14 heavy (non-hydrogen) atoms. The lowest BCUT2D eigenvalue weighted by Crippen LogP contribution is -2.32. The second kappa shape index (κ2) is 5.29. The van der Waals surface area contributed by atoms with Crippen LogP contribution in [0.2, 0.25) is 0 Å². The van der Waals surface area contributed by atoms with Crippen LogP contribution in [0, 0.1) is 0 Å². The topological polar surface area (TPSA) is 75.1 Å². The number of nitrogens with one attached hydrogen (secondary N) is 1. The molecule has 1 amide bonds. The zero-order chi connectivity index (χ0) is 10.4. The van der Waals surface area contributed by atoms with Crippen molar-refractivity contribution in [3.63, 3.8) is 0 Å². The molecule has 76 valence electrons. The van der Waals surface area contributed by atoms with Crippen LogP contribution in [0.1, 0.15) is 23.8 Å². The molecule has 0 radical (unpaired) electrons. The highest BCUT2D eigenvalue weighted by molar-refractivity contribution is 5.91. The molecule has 0 aliphatic carbocycles. The number of aliphatic hydroxyl groups excluding tert-OH is 1. The van der Waals surface area contributed by atoms with Crippen molar-refractivity contribution in [1.29, 1.82) is 0 Å². The summed E-state index contributed by atoms with van der Waals surface area (Å²) < 4.78 is 0. The highest BCUT2D eigenvalue weighted by atomic mass is 16.3. The Morgan fingerprint density at radius 2 is 2.43 bits per heavy atom. The molecule has 0 spiro atoms. The normalized spacial score (nSPS) is 12.1. The van der Waals surface area contributed by atoms with Gasteiger partial charge in [-0.2, -0.15) is 0 Å². The van der Waals surface area contributed by atoms with Crippen LogP contribution in [-0.4, -0.2) is 33.6 Å². The van der Waals surface area contributed by atoms with Gasteiger partial charge in [-0.1, -0.05) is 6.92 Å². The van der Waals surface area contributed by atoms with Crippen molar-refractivity contribution < 1.29 is 9.90 Å². The molecule has 1 aromatic rings. The molecule has 0 aliphatic rings. The van der Waals surface area contributed by atoms with Gasteiger partial charge in [-0.3, -0.25) is 9.78 Å². The van der Waals surface area contributed by atoms with E-state index >= 15 is 0 Å². The molecule has 0 aromatic carbocycles. The Morgan fingerprint density at radius 1 is 1.64 bits per heavy atom. The fourth-order valence-electron chi connectivity index (χ4n) is 0.862. The Morgan fingerprint density at radius 3 is 3.00 bits per heavy atom. The van der Waals surface area contributed by atoms with Gasteiger partial charge in [-0.05, 0) is 6.42 Å². The molecule has 0 fully saturated rings. The summed E-state index contributed by atoms with van der Waals surface area (Å²) in [4.78, 5) is 18.9. The average molecular weight is 195 g/mol. The number of nitrogens with zero attached hydrogens (tertiary/aromatic N) is 2. The van der Waals surface area contributed by atoms with Crippen LogP contribution in [0.25, 0.3) is 0 Å². The molecule has 1 unspecified atom stereocenters. The lowest BCUT2D eigenvalue weighted by molar-refractivity contribution is 0.0908. The fraction of sp³-hybridized carbons (Fsp3) is 0.444. The minimum atomic E-state index is -0.504. The SMILES string of the molecule is CCC(O)CNC(=O)c1cnccn1. The highest BCUT2D eigenvalue weighted by Crippen LogP contribution is 1.91. The quantitative estimate of drug-likeness (QED) is 0.707. The van der Waals surface area contributed by atoms with Crippen molar-refractivity contribution in [2.75, 3.05) is 6.54 Å². The molecule has 0 aliphatic heterocycles. The van der Waals surface area contributed by atoms with E-state index in [1.165, 1.54) is 18.6 Å². The van der Waals surface area contributed by atoms with E-state index in [9.17, 15) is 9.90 Å². The standard InChI is InChI=1S/C9H13N3O2/c1-2-7(13)5-12-9(14)8-6-10-3-4-11-8/h3-4,6-7,13H,2,5H2,1H3,(H,12,14). The number of rotatable bonds is 4. The summed E-state index contributed by atoms with van der Waals surface area (Å²) in [5.41, 5.74) is 0.260. The third-order valence-corrected chi connectivity index (χ3v) is 1.77. The van der Waals surface area contributed by atoms with E-state index in [4.69, 9.17) is 0 Å². The van der Waals surface area contributed by atoms with Crippen LogP contribution in [0.3, 0.4) is 0 Å². The lowest BCUT2D eigenvalue weighted by atomic mass is 10.3. The van der Waals surface area contributed by atoms with Gasteiger partial charge in [-0.15, -0.1) is 0 Å². The monoisotopic (exact) mass is 195 g/mol. The molecule has 2 N–H and O–H groups in total. The van der Waals surface area contributed by atoms with Gasteiger partial charge in [-0.25, -0.2) is 4.98 Å². The summed E-state index contributed by atoms with van der Waals surface area (Å²) in [5, 5.41) is 11.8. The Labute approximate surface area is 82.2 Å². The van der Waals surface area contributed by atoms with E-state index in [0.717, 1.165) is 0 Å². The van der Waals surface area contributed by atoms with Gasteiger partial charge in [0.2, 0.25) is 0 Å². The maximum absolute atomic E-state index is 11.3. The molecule has 1 atom stereocenters. The van der Waals surface area contributed by atoms with Gasteiger partial charge < -0.3 is 10.4 Å². The first-order valence-corrected chi connectivity index (χ1v) is 4.46. The number of hydrogen-bond donors (Lipinski definition) is 2. The van der Waals surface area contributed by atoms with Crippen LogP contribution >= 0.6 is 0 Å². The zero-order valence-corrected chi connectivity index (χ0v) is 7.97. The highest BCUT2D eigenvalue weighted by Gasteiger charge is 2.08. The van der Waals surface area contributed by atoms with Crippen LogP contribution in [-0.2, 0) is 0 Å². The van der Waals surface area contributed by atoms with Crippen molar-refractivity contribution in [2.24, 2.45) is 0 Å². The average Bonchev–Trinajstić information content (AvgIpc) is 2.26. The zero-order valence-electron chi connectivity index (χ0n) is 7.97. The third-order valence-electron chi connectivity index (χ3n) is 1.77. The third kappa shape index (κ3) is 3.10. The van der Waals surface area contributed by atoms with Crippen molar-refractivity contribution in [2.45, 2.75) is 19.4 Å². The largest absolute Gasteiger partial charge is 0.391 e. The minimum Gasteiger partial charge on any atom is -0.391 e. The number of carbonyl (C=O) groups excluding carboxylic acids is 1.